The number of amides is 1. The van der Waals surface area contributed by atoms with Crippen LogP contribution in [-0.2, 0) is 16.7 Å². The molecule has 0 radical (unpaired) electrons. The number of carbonyl (C=O) groups is 1. The van der Waals surface area contributed by atoms with E-state index in [9.17, 15) is 18.0 Å². The van der Waals surface area contributed by atoms with E-state index in [2.05, 4.69) is 15.2 Å². The number of piperazine rings is 1. The fraction of sp³-hybridized carbons (Fsp3) is 0.433. The number of thioether (sulfide) groups is 1. The van der Waals surface area contributed by atoms with Crippen LogP contribution >= 0.6 is 11.8 Å². The van der Waals surface area contributed by atoms with Crippen molar-refractivity contribution in [2.45, 2.75) is 49.9 Å². The predicted molar refractivity (Wildman–Crippen MR) is 155 cm³/mol. The fourth-order valence-electron chi connectivity index (χ4n) is 5.08. The Morgan fingerprint density at radius 1 is 1.05 bits per heavy atom. The first-order valence-corrected chi connectivity index (χ1v) is 14.8. The molecule has 2 aromatic carbocycles. The molecule has 3 aromatic rings. The number of alkyl halides is 3. The number of halogens is 3. The van der Waals surface area contributed by atoms with Crippen LogP contribution in [0, 0.1) is 13.8 Å². The number of aromatic nitrogens is 2. The first kappa shape index (κ1) is 29.2. The van der Waals surface area contributed by atoms with Gasteiger partial charge in [0.25, 0.3) is 5.91 Å². The maximum atomic E-state index is 13.2. The van der Waals surface area contributed by atoms with Gasteiger partial charge in [-0.15, -0.1) is 0 Å². The Labute approximate surface area is 242 Å². The topological polar surface area (TPSA) is 70.6 Å². The van der Waals surface area contributed by atoms with E-state index < -0.39 is 11.7 Å². The Morgan fingerprint density at radius 2 is 1.80 bits per heavy atom. The van der Waals surface area contributed by atoms with E-state index in [0.717, 1.165) is 48.2 Å². The predicted octanol–water partition coefficient (Wildman–Crippen LogP) is 5.64. The van der Waals surface area contributed by atoms with Crippen molar-refractivity contribution in [3.05, 3.63) is 76.5 Å². The lowest BCUT2D eigenvalue weighted by Crippen LogP contribution is -2.47. The summed E-state index contributed by atoms with van der Waals surface area (Å²) in [6.45, 7) is 7.69. The molecule has 3 heterocycles. The summed E-state index contributed by atoms with van der Waals surface area (Å²) in [6, 6.07) is 13.1. The van der Waals surface area contributed by atoms with Crippen LogP contribution < -0.4 is 15.1 Å². The lowest BCUT2D eigenvalue weighted by Gasteiger charge is -2.37. The second kappa shape index (κ2) is 12.7. The second-order valence-corrected chi connectivity index (χ2v) is 11.3. The normalized spacial score (nSPS) is 17.6. The van der Waals surface area contributed by atoms with Crippen molar-refractivity contribution in [1.29, 1.82) is 0 Å². The average Bonchev–Trinajstić information content (AvgIpc) is 3.50. The number of carbonyl (C=O) groups excluding carboxylic acids is 1. The highest BCUT2D eigenvalue weighted by Crippen LogP contribution is 2.33. The Hall–Kier alpha value is -3.31. The number of aryl methyl sites for hydroxylation is 1. The lowest BCUT2D eigenvalue weighted by molar-refractivity contribution is -0.137. The van der Waals surface area contributed by atoms with Gasteiger partial charge in [-0.2, -0.15) is 13.2 Å². The van der Waals surface area contributed by atoms with Gasteiger partial charge in [0.15, 0.2) is 5.16 Å². The first-order chi connectivity index (χ1) is 19.7. The number of nitrogens with zero attached hydrogens (tertiary/aromatic N) is 4. The zero-order chi connectivity index (χ0) is 29.0. The number of rotatable bonds is 8. The molecule has 5 rings (SSSR count). The highest BCUT2D eigenvalue weighted by Gasteiger charge is 2.31. The summed E-state index contributed by atoms with van der Waals surface area (Å²) in [7, 11) is 0. The molecule has 0 spiro atoms. The van der Waals surface area contributed by atoms with E-state index in [4.69, 9.17) is 9.72 Å². The molecule has 1 atom stereocenters. The van der Waals surface area contributed by atoms with Crippen molar-refractivity contribution in [3.63, 3.8) is 0 Å². The van der Waals surface area contributed by atoms with Crippen LogP contribution in [0.2, 0.25) is 0 Å². The van der Waals surface area contributed by atoms with Crippen LogP contribution in [-0.4, -0.2) is 61.3 Å². The SMILES string of the molecule is Cc1nc(SCc2cccc(C(=O)NC[C@H]3CCCO3)c2)nc(N2CCN(c3cccc(C(F)(F)F)c3)CC2)c1C. The summed E-state index contributed by atoms with van der Waals surface area (Å²) in [5, 5.41) is 3.62. The van der Waals surface area contributed by atoms with Gasteiger partial charge in [-0.3, -0.25) is 4.79 Å². The molecular formula is C30H34F3N5O2S. The third-order valence-electron chi connectivity index (χ3n) is 7.53. The van der Waals surface area contributed by atoms with E-state index in [1.54, 1.807) is 6.07 Å². The monoisotopic (exact) mass is 585 g/mol. The van der Waals surface area contributed by atoms with Crippen molar-refractivity contribution in [2.24, 2.45) is 0 Å². The molecule has 0 saturated carbocycles. The molecule has 41 heavy (non-hydrogen) atoms. The van der Waals surface area contributed by atoms with Gasteiger partial charge in [-0.05, 0) is 62.6 Å². The maximum Gasteiger partial charge on any atom is 0.416 e. The van der Waals surface area contributed by atoms with Gasteiger partial charge in [0.2, 0.25) is 0 Å². The van der Waals surface area contributed by atoms with Gasteiger partial charge in [0.1, 0.15) is 5.82 Å². The zero-order valence-electron chi connectivity index (χ0n) is 23.2. The van der Waals surface area contributed by atoms with Gasteiger partial charge < -0.3 is 19.9 Å². The molecule has 0 unspecified atom stereocenters. The van der Waals surface area contributed by atoms with E-state index in [0.29, 0.717) is 54.9 Å². The summed E-state index contributed by atoms with van der Waals surface area (Å²) in [5.74, 6) is 1.35. The Bertz CT molecular complexity index is 1370. The third kappa shape index (κ3) is 7.32. The van der Waals surface area contributed by atoms with Crippen molar-refractivity contribution < 1.29 is 22.7 Å². The minimum atomic E-state index is -4.36. The van der Waals surface area contributed by atoms with Crippen LogP contribution in [0.25, 0.3) is 0 Å². The molecule has 2 aliphatic heterocycles. The van der Waals surface area contributed by atoms with Crippen molar-refractivity contribution in [1.82, 2.24) is 15.3 Å². The number of anilines is 2. The van der Waals surface area contributed by atoms with Crippen LogP contribution in [0.5, 0.6) is 0 Å². The molecule has 2 fully saturated rings. The number of benzene rings is 2. The molecule has 1 amide bonds. The molecule has 0 bridgehead atoms. The van der Waals surface area contributed by atoms with Gasteiger partial charge in [-0.1, -0.05) is 30.0 Å². The molecule has 11 heteroatoms. The minimum Gasteiger partial charge on any atom is -0.376 e. The average molecular weight is 586 g/mol. The maximum absolute atomic E-state index is 13.2. The fourth-order valence-corrected chi connectivity index (χ4v) is 5.91. The van der Waals surface area contributed by atoms with Crippen molar-refractivity contribution >= 4 is 29.2 Å². The lowest BCUT2D eigenvalue weighted by atomic mass is 10.1. The first-order valence-electron chi connectivity index (χ1n) is 13.8. The second-order valence-electron chi connectivity index (χ2n) is 10.4. The van der Waals surface area contributed by atoms with E-state index in [-0.39, 0.29) is 12.0 Å². The Balaban J connectivity index is 1.20. The summed E-state index contributed by atoms with van der Waals surface area (Å²) >= 11 is 1.51. The van der Waals surface area contributed by atoms with Gasteiger partial charge in [0, 0.05) is 67.6 Å². The summed E-state index contributed by atoms with van der Waals surface area (Å²) in [5.41, 5.74) is 3.44. The van der Waals surface area contributed by atoms with Crippen LogP contribution in [0.15, 0.2) is 53.7 Å². The largest absolute Gasteiger partial charge is 0.416 e. The summed E-state index contributed by atoms with van der Waals surface area (Å²) in [6.07, 6.45) is -2.26. The number of hydrogen-bond acceptors (Lipinski definition) is 7. The van der Waals surface area contributed by atoms with Gasteiger partial charge in [0.05, 0.1) is 11.7 Å². The molecule has 218 valence electrons. The Morgan fingerprint density at radius 3 is 2.54 bits per heavy atom. The molecule has 1 N–H and O–H groups in total. The number of hydrogen-bond donors (Lipinski definition) is 1. The summed E-state index contributed by atoms with van der Waals surface area (Å²) < 4.78 is 45.1. The van der Waals surface area contributed by atoms with E-state index in [1.165, 1.54) is 23.9 Å². The standard InChI is InChI=1S/C30H34F3N5O2S/c1-20-21(2)35-29(41-19-22-6-3-7-23(16-22)28(39)34-18-26-10-5-15-40-26)36-27(20)38-13-11-37(12-14-38)25-9-4-8-24(17-25)30(31,32)33/h3-4,6-9,16-17,26H,5,10-15,18-19H2,1-2H3,(H,34,39)/t26-/m1/s1. The number of ether oxygens (including phenoxy) is 1. The van der Waals surface area contributed by atoms with Crippen LogP contribution in [0.3, 0.4) is 0 Å². The Kier molecular flexibility index (Phi) is 9.03. The number of nitrogens with one attached hydrogen (secondary N) is 1. The molecule has 0 aliphatic carbocycles. The smallest absolute Gasteiger partial charge is 0.376 e. The van der Waals surface area contributed by atoms with Crippen molar-refractivity contribution in [3.8, 4) is 0 Å². The molecule has 7 nitrogen and oxygen atoms in total. The van der Waals surface area contributed by atoms with Gasteiger partial charge in [-0.25, -0.2) is 9.97 Å². The molecule has 2 aliphatic rings. The minimum absolute atomic E-state index is 0.0948. The summed E-state index contributed by atoms with van der Waals surface area (Å²) in [4.78, 5) is 26.4. The van der Waals surface area contributed by atoms with Crippen LogP contribution in [0.1, 0.15) is 45.6 Å². The van der Waals surface area contributed by atoms with E-state index >= 15 is 0 Å². The van der Waals surface area contributed by atoms with Gasteiger partial charge >= 0.3 is 6.18 Å². The molecule has 2 saturated heterocycles. The highest BCUT2D eigenvalue weighted by molar-refractivity contribution is 7.98. The highest BCUT2D eigenvalue weighted by atomic mass is 32.2. The molecular weight excluding hydrogens is 551 g/mol. The third-order valence-corrected chi connectivity index (χ3v) is 8.45. The van der Waals surface area contributed by atoms with E-state index in [1.807, 2.05) is 43.0 Å². The quantitative estimate of drug-likeness (QED) is 0.271. The molecule has 1 aromatic heterocycles. The van der Waals surface area contributed by atoms with Crippen molar-refractivity contribution in [2.75, 3.05) is 49.1 Å². The zero-order valence-corrected chi connectivity index (χ0v) is 24.0. The van der Waals surface area contributed by atoms with Crippen LogP contribution in [0.4, 0.5) is 24.7 Å².